The molecule has 0 amide bonds. The Labute approximate surface area is 122 Å². The van der Waals surface area contributed by atoms with Crippen LogP contribution in [-0.2, 0) is 6.42 Å². The van der Waals surface area contributed by atoms with Gasteiger partial charge in [-0.3, -0.25) is 4.57 Å². The number of aryl methyl sites for hydroxylation is 1. The van der Waals surface area contributed by atoms with Crippen LogP contribution in [0.5, 0.6) is 0 Å². The lowest BCUT2D eigenvalue weighted by Crippen LogP contribution is -2.06. The molecule has 0 radical (unpaired) electrons. The van der Waals surface area contributed by atoms with Gasteiger partial charge >= 0.3 is 0 Å². The lowest BCUT2D eigenvalue weighted by molar-refractivity contribution is 0.905. The number of rotatable bonds is 4. The minimum absolute atomic E-state index is 0.196. The number of hydrogen-bond donors (Lipinski definition) is 1. The highest BCUT2D eigenvalue weighted by Gasteiger charge is 2.08. The van der Waals surface area contributed by atoms with Gasteiger partial charge < -0.3 is 5.73 Å². The first-order valence-corrected chi connectivity index (χ1v) is 6.85. The molecule has 106 valence electrons. The summed E-state index contributed by atoms with van der Waals surface area (Å²) in [5.74, 6) is 1.23. The van der Waals surface area contributed by atoms with E-state index in [1.54, 1.807) is 23.3 Å². The Morgan fingerprint density at radius 2 is 1.90 bits per heavy atom. The van der Waals surface area contributed by atoms with Crippen molar-refractivity contribution >= 4 is 5.95 Å². The Morgan fingerprint density at radius 3 is 2.57 bits per heavy atom. The van der Waals surface area contributed by atoms with Crippen molar-refractivity contribution in [3.8, 4) is 17.3 Å². The van der Waals surface area contributed by atoms with Gasteiger partial charge in [-0.25, -0.2) is 4.98 Å². The van der Waals surface area contributed by atoms with Gasteiger partial charge in [0, 0.05) is 18.0 Å². The highest BCUT2D eigenvalue weighted by Crippen LogP contribution is 2.18. The molecule has 0 fully saturated rings. The first-order valence-electron chi connectivity index (χ1n) is 6.85. The average Bonchev–Trinajstić information content (AvgIpc) is 3.02. The summed E-state index contributed by atoms with van der Waals surface area (Å²) in [5, 5.41) is 0. The molecule has 2 N–H and O–H groups in total. The molecule has 1 aromatic carbocycles. The fourth-order valence-electron chi connectivity index (χ4n) is 2.11. The van der Waals surface area contributed by atoms with Crippen LogP contribution in [0.4, 0.5) is 5.95 Å². The van der Waals surface area contributed by atoms with Gasteiger partial charge in [-0.2, -0.15) is 15.0 Å². The number of nitrogens with two attached hydrogens (primary N) is 1. The second-order valence-electron chi connectivity index (χ2n) is 4.73. The average molecular weight is 280 g/mol. The van der Waals surface area contributed by atoms with Crippen LogP contribution in [0.1, 0.15) is 18.9 Å². The van der Waals surface area contributed by atoms with Crippen LogP contribution in [-0.4, -0.2) is 24.5 Å². The highest BCUT2D eigenvalue weighted by atomic mass is 15.2. The van der Waals surface area contributed by atoms with E-state index >= 15 is 0 Å². The van der Waals surface area contributed by atoms with Gasteiger partial charge in [0.15, 0.2) is 5.82 Å². The van der Waals surface area contributed by atoms with Crippen molar-refractivity contribution in [3.05, 3.63) is 48.5 Å². The Balaban J connectivity index is 1.98. The second-order valence-corrected chi connectivity index (χ2v) is 4.73. The zero-order valence-corrected chi connectivity index (χ0v) is 11.8. The fraction of sp³-hybridized carbons (Fsp3) is 0.200. The number of anilines is 1. The summed E-state index contributed by atoms with van der Waals surface area (Å²) >= 11 is 0. The van der Waals surface area contributed by atoms with Gasteiger partial charge in [-0.15, -0.1) is 0 Å². The third-order valence-corrected chi connectivity index (χ3v) is 3.13. The van der Waals surface area contributed by atoms with Gasteiger partial charge in [0.25, 0.3) is 0 Å². The van der Waals surface area contributed by atoms with Crippen molar-refractivity contribution in [2.75, 3.05) is 5.73 Å². The summed E-state index contributed by atoms with van der Waals surface area (Å²) in [6, 6.07) is 8.21. The van der Waals surface area contributed by atoms with E-state index in [0.717, 1.165) is 18.4 Å². The Bertz CT molecular complexity index is 718. The quantitative estimate of drug-likeness (QED) is 0.792. The minimum Gasteiger partial charge on any atom is -0.368 e. The maximum Gasteiger partial charge on any atom is 0.240 e. The zero-order valence-electron chi connectivity index (χ0n) is 11.8. The van der Waals surface area contributed by atoms with E-state index in [-0.39, 0.29) is 5.95 Å². The van der Waals surface area contributed by atoms with Crippen LogP contribution >= 0.6 is 0 Å². The van der Waals surface area contributed by atoms with Crippen LogP contribution in [0.15, 0.2) is 43.0 Å². The van der Waals surface area contributed by atoms with Gasteiger partial charge in [0.1, 0.15) is 6.33 Å². The maximum absolute atomic E-state index is 5.78. The summed E-state index contributed by atoms with van der Waals surface area (Å²) in [6.45, 7) is 2.16. The van der Waals surface area contributed by atoms with Crippen LogP contribution in [0, 0.1) is 0 Å². The lowest BCUT2D eigenvalue weighted by Gasteiger charge is -2.06. The van der Waals surface area contributed by atoms with Gasteiger partial charge in [0.05, 0.1) is 0 Å². The van der Waals surface area contributed by atoms with E-state index in [0.29, 0.717) is 11.8 Å². The topological polar surface area (TPSA) is 82.5 Å². The molecule has 0 aliphatic carbocycles. The predicted molar refractivity (Wildman–Crippen MR) is 80.8 cm³/mol. The van der Waals surface area contributed by atoms with Crippen molar-refractivity contribution in [3.63, 3.8) is 0 Å². The molecule has 0 saturated heterocycles. The van der Waals surface area contributed by atoms with Crippen LogP contribution in [0.25, 0.3) is 17.3 Å². The monoisotopic (exact) mass is 280 g/mol. The molecule has 3 aromatic rings. The molecule has 0 bridgehead atoms. The normalized spacial score (nSPS) is 10.7. The standard InChI is InChI=1S/C15H16N6/c1-2-3-11-4-6-12(7-5-11)13-18-14(16)20-15(19-13)21-9-8-17-10-21/h4-10H,2-3H2,1H3,(H2,16,18,19,20). The van der Waals surface area contributed by atoms with Crippen molar-refractivity contribution in [1.82, 2.24) is 24.5 Å². The third kappa shape index (κ3) is 2.89. The minimum atomic E-state index is 0.196. The van der Waals surface area contributed by atoms with Gasteiger partial charge in [-0.1, -0.05) is 37.6 Å². The molecule has 0 unspecified atom stereocenters. The molecule has 0 aliphatic heterocycles. The highest BCUT2D eigenvalue weighted by molar-refractivity contribution is 5.57. The van der Waals surface area contributed by atoms with Crippen molar-refractivity contribution in [2.24, 2.45) is 0 Å². The molecule has 3 rings (SSSR count). The SMILES string of the molecule is CCCc1ccc(-c2nc(N)nc(-n3ccnc3)n2)cc1. The molecule has 2 aromatic heterocycles. The molecular formula is C15H16N6. The molecule has 0 saturated carbocycles. The zero-order chi connectivity index (χ0) is 14.7. The molecule has 6 heteroatoms. The summed E-state index contributed by atoms with van der Waals surface area (Å²) in [6.07, 6.45) is 7.26. The first kappa shape index (κ1) is 13.2. The van der Waals surface area contributed by atoms with E-state index in [1.807, 2.05) is 12.1 Å². The van der Waals surface area contributed by atoms with E-state index < -0.39 is 0 Å². The molecular weight excluding hydrogens is 264 g/mol. The number of benzene rings is 1. The number of hydrogen-bond acceptors (Lipinski definition) is 5. The van der Waals surface area contributed by atoms with Crippen molar-refractivity contribution in [1.29, 1.82) is 0 Å². The maximum atomic E-state index is 5.78. The number of nitrogen functional groups attached to an aromatic ring is 1. The summed E-state index contributed by atoms with van der Waals surface area (Å²) in [7, 11) is 0. The largest absolute Gasteiger partial charge is 0.368 e. The van der Waals surface area contributed by atoms with E-state index in [4.69, 9.17) is 5.73 Å². The Hall–Kier alpha value is -2.76. The molecule has 6 nitrogen and oxygen atoms in total. The molecule has 0 atom stereocenters. The van der Waals surface area contributed by atoms with E-state index in [1.165, 1.54) is 5.56 Å². The number of aromatic nitrogens is 5. The first-order chi connectivity index (χ1) is 10.3. The van der Waals surface area contributed by atoms with Crippen LogP contribution in [0.2, 0.25) is 0 Å². The van der Waals surface area contributed by atoms with E-state index in [9.17, 15) is 0 Å². The molecule has 21 heavy (non-hydrogen) atoms. The summed E-state index contributed by atoms with van der Waals surface area (Å²) in [5.41, 5.74) is 8.01. The second kappa shape index (κ2) is 5.70. The van der Waals surface area contributed by atoms with Crippen LogP contribution < -0.4 is 5.73 Å². The van der Waals surface area contributed by atoms with Crippen LogP contribution in [0.3, 0.4) is 0 Å². The van der Waals surface area contributed by atoms with Gasteiger partial charge in [0.2, 0.25) is 11.9 Å². The predicted octanol–water partition coefficient (Wildman–Crippen LogP) is 2.26. The fourth-order valence-corrected chi connectivity index (χ4v) is 2.11. The van der Waals surface area contributed by atoms with Gasteiger partial charge in [-0.05, 0) is 12.0 Å². The molecule has 0 spiro atoms. The number of imidazole rings is 1. The lowest BCUT2D eigenvalue weighted by atomic mass is 10.1. The summed E-state index contributed by atoms with van der Waals surface area (Å²) < 4.78 is 1.70. The Morgan fingerprint density at radius 1 is 1.10 bits per heavy atom. The van der Waals surface area contributed by atoms with Crippen molar-refractivity contribution < 1.29 is 0 Å². The third-order valence-electron chi connectivity index (χ3n) is 3.13. The Kier molecular flexibility index (Phi) is 3.59. The molecule has 2 heterocycles. The smallest absolute Gasteiger partial charge is 0.240 e. The van der Waals surface area contributed by atoms with E-state index in [2.05, 4.69) is 39.0 Å². The number of nitrogens with zero attached hydrogens (tertiary/aromatic N) is 5. The molecule has 0 aliphatic rings. The summed E-state index contributed by atoms with van der Waals surface area (Å²) in [4.78, 5) is 16.8. The van der Waals surface area contributed by atoms with Crippen molar-refractivity contribution in [2.45, 2.75) is 19.8 Å².